The molecule has 0 unspecified atom stereocenters. The molecule has 0 bridgehead atoms. The summed E-state index contributed by atoms with van der Waals surface area (Å²) in [6.07, 6.45) is 0.808. The molecule has 5 nitrogen and oxygen atoms in total. The number of aliphatic carboxylic acids is 1. The minimum atomic E-state index is -0.925. The van der Waals surface area contributed by atoms with Crippen molar-refractivity contribution in [3.05, 3.63) is 65.2 Å². The summed E-state index contributed by atoms with van der Waals surface area (Å²) in [7, 11) is 0. The molecule has 0 aliphatic carbocycles. The van der Waals surface area contributed by atoms with Crippen LogP contribution in [0.5, 0.6) is 5.75 Å². The zero-order valence-corrected chi connectivity index (χ0v) is 15.8. The molecule has 5 heteroatoms. The number of hydrogen-bond acceptors (Lipinski definition) is 3. The first kappa shape index (κ1) is 19.0. The summed E-state index contributed by atoms with van der Waals surface area (Å²) < 4.78 is 5.76. The first-order valence-electron chi connectivity index (χ1n) is 9.20. The van der Waals surface area contributed by atoms with E-state index < -0.39 is 11.4 Å². The number of carbonyl (C=O) groups excluding carboxylic acids is 1. The number of hydrogen-bond donors (Lipinski definition) is 1. The average Bonchev–Trinajstić information content (AvgIpc) is 2.68. The van der Waals surface area contributed by atoms with Crippen LogP contribution < -0.4 is 4.74 Å². The second kappa shape index (κ2) is 7.82. The summed E-state index contributed by atoms with van der Waals surface area (Å²) in [6, 6.07) is 15.2. The zero-order chi connectivity index (χ0) is 19.4. The lowest BCUT2D eigenvalue weighted by atomic mass is 9.73. The van der Waals surface area contributed by atoms with Crippen LogP contribution in [-0.4, -0.2) is 41.6 Å². The van der Waals surface area contributed by atoms with Gasteiger partial charge in [0.15, 0.2) is 6.61 Å². The van der Waals surface area contributed by atoms with E-state index in [9.17, 15) is 14.7 Å². The van der Waals surface area contributed by atoms with E-state index in [0.29, 0.717) is 25.9 Å². The SMILES string of the molecule is Cc1cccc(C)c1OCC(=O)N1CCC(C(=O)O)(c2ccccc2)CC1. The van der Waals surface area contributed by atoms with Crippen molar-refractivity contribution < 1.29 is 19.4 Å². The van der Waals surface area contributed by atoms with Gasteiger partial charge in [0.05, 0.1) is 5.41 Å². The maximum atomic E-state index is 12.6. The molecule has 1 saturated heterocycles. The lowest BCUT2D eigenvalue weighted by Gasteiger charge is -2.39. The van der Waals surface area contributed by atoms with Crippen LogP contribution >= 0.6 is 0 Å². The molecule has 0 atom stereocenters. The van der Waals surface area contributed by atoms with E-state index in [2.05, 4.69) is 0 Å². The van der Waals surface area contributed by atoms with Crippen LogP contribution in [0.4, 0.5) is 0 Å². The summed E-state index contributed by atoms with van der Waals surface area (Å²) in [6.45, 7) is 4.70. The minimum absolute atomic E-state index is 0.0307. The predicted molar refractivity (Wildman–Crippen MR) is 103 cm³/mol. The Morgan fingerprint density at radius 1 is 1.00 bits per heavy atom. The fraction of sp³-hybridized carbons (Fsp3) is 0.364. The molecular formula is C22H25NO4. The maximum absolute atomic E-state index is 12.6. The Labute approximate surface area is 159 Å². The highest BCUT2D eigenvalue weighted by Crippen LogP contribution is 2.36. The summed E-state index contributed by atoms with van der Waals surface area (Å²) in [4.78, 5) is 26.3. The van der Waals surface area contributed by atoms with Gasteiger partial charge in [0, 0.05) is 13.1 Å². The summed E-state index contributed by atoms with van der Waals surface area (Å²) >= 11 is 0. The highest BCUT2D eigenvalue weighted by Gasteiger charge is 2.43. The number of para-hydroxylation sites is 1. The molecule has 1 aliphatic heterocycles. The number of rotatable bonds is 5. The van der Waals surface area contributed by atoms with Crippen LogP contribution in [-0.2, 0) is 15.0 Å². The monoisotopic (exact) mass is 367 g/mol. The largest absolute Gasteiger partial charge is 0.483 e. The summed E-state index contributed by atoms with van der Waals surface area (Å²) in [5.74, 6) is -0.190. The van der Waals surface area contributed by atoms with Crippen LogP contribution in [0.25, 0.3) is 0 Å². The molecule has 1 heterocycles. The van der Waals surface area contributed by atoms with Crippen LogP contribution in [0.2, 0.25) is 0 Å². The van der Waals surface area contributed by atoms with Gasteiger partial charge in [0.1, 0.15) is 5.75 Å². The highest BCUT2D eigenvalue weighted by atomic mass is 16.5. The molecule has 0 aromatic heterocycles. The Kier molecular flexibility index (Phi) is 5.49. The Morgan fingerprint density at radius 2 is 1.59 bits per heavy atom. The van der Waals surface area contributed by atoms with Gasteiger partial charge in [-0.05, 0) is 43.4 Å². The molecule has 1 N–H and O–H groups in total. The molecule has 3 rings (SSSR count). The molecule has 2 aromatic carbocycles. The molecule has 2 aromatic rings. The molecular weight excluding hydrogens is 342 g/mol. The van der Waals surface area contributed by atoms with Gasteiger partial charge >= 0.3 is 5.97 Å². The number of carboxylic acids is 1. The molecule has 1 aliphatic rings. The van der Waals surface area contributed by atoms with Crippen molar-refractivity contribution in [3.8, 4) is 5.75 Å². The number of aryl methyl sites for hydroxylation is 2. The number of nitrogens with zero attached hydrogens (tertiary/aromatic N) is 1. The van der Waals surface area contributed by atoms with Gasteiger partial charge in [-0.3, -0.25) is 9.59 Å². The Balaban J connectivity index is 1.64. The quantitative estimate of drug-likeness (QED) is 0.880. The second-order valence-corrected chi connectivity index (χ2v) is 7.14. The number of likely N-dealkylation sites (tertiary alicyclic amines) is 1. The minimum Gasteiger partial charge on any atom is -0.483 e. The van der Waals surface area contributed by atoms with E-state index >= 15 is 0 Å². The van der Waals surface area contributed by atoms with Crippen LogP contribution in [0.3, 0.4) is 0 Å². The van der Waals surface area contributed by atoms with Gasteiger partial charge in [0.2, 0.25) is 0 Å². The number of amides is 1. The van der Waals surface area contributed by atoms with E-state index in [-0.39, 0.29) is 12.5 Å². The van der Waals surface area contributed by atoms with Crippen molar-refractivity contribution in [3.63, 3.8) is 0 Å². The van der Waals surface area contributed by atoms with Crippen LogP contribution in [0, 0.1) is 13.8 Å². The number of ether oxygens (including phenoxy) is 1. The smallest absolute Gasteiger partial charge is 0.314 e. The third-order valence-corrected chi connectivity index (χ3v) is 5.45. The second-order valence-electron chi connectivity index (χ2n) is 7.14. The summed E-state index contributed by atoms with van der Waals surface area (Å²) in [5.41, 5.74) is 1.87. The molecule has 0 spiro atoms. The number of benzene rings is 2. The number of piperidine rings is 1. The molecule has 0 saturated carbocycles. The molecule has 0 radical (unpaired) electrons. The van der Waals surface area contributed by atoms with Gasteiger partial charge in [-0.15, -0.1) is 0 Å². The fourth-order valence-electron chi connectivity index (χ4n) is 3.77. The van der Waals surface area contributed by atoms with Crippen molar-refractivity contribution >= 4 is 11.9 Å². The van der Waals surface area contributed by atoms with Crippen molar-refractivity contribution in [2.24, 2.45) is 0 Å². The first-order valence-corrected chi connectivity index (χ1v) is 9.20. The predicted octanol–water partition coefficient (Wildman–Crippen LogP) is 3.33. The van der Waals surface area contributed by atoms with Gasteiger partial charge in [-0.2, -0.15) is 0 Å². The normalized spacial score (nSPS) is 16.0. The molecule has 1 amide bonds. The topological polar surface area (TPSA) is 66.8 Å². The van der Waals surface area contributed by atoms with Gasteiger partial charge < -0.3 is 14.7 Å². The summed E-state index contributed by atoms with van der Waals surface area (Å²) in [5, 5.41) is 9.85. The van der Waals surface area contributed by atoms with Crippen molar-refractivity contribution in [2.75, 3.05) is 19.7 Å². The maximum Gasteiger partial charge on any atom is 0.314 e. The standard InChI is InChI=1S/C22H25NO4/c1-16-7-6-8-17(2)20(16)27-15-19(24)23-13-11-22(12-14-23,21(25)26)18-9-4-3-5-10-18/h3-10H,11-15H2,1-2H3,(H,25,26). The lowest BCUT2D eigenvalue weighted by molar-refractivity contribution is -0.148. The van der Waals surface area contributed by atoms with Crippen LogP contribution in [0.1, 0.15) is 29.5 Å². The number of carbonyl (C=O) groups is 2. The van der Waals surface area contributed by atoms with E-state index in [0.717, 1.165) is 22.4 Å². The lowest BCUT2D eigenvalue weighted by Crippen LogP contribution is -2.50. The van der Waals surface area contributed by atoms with Gasteiger partial charge in [-0.1, -0.05) is 48.5 Å². The third-order valence-electron chi connectivity index (χ3n) is 5.45. The van der Waals surface area contributed by atoms with E-state index in [1.807, 2.05) is 62.4 Å². The van der Waals surface area contributed by atoms with Crippen molar-refractivity contribution in [2.45, 2.75) is 32.1 Å². The van der Waals surface area contributed by atoms with Crippen molar-refractivity contribution in [1.29, 1.82) is 0 Å². The fourth-order valence-corrected chi connectivity index (χ4v) is 3.77. The zero-order valence-electron chi connectivity index (χ0n) is 15.8. The van der Waals surface area contributed by atoms with Gasteiger partial charge in [-0.25, -0.2) is 0 Å². The Bertz CT molecular complexity index is 803. The highest BCUT2D eigenvalue weighted by molar-refractivity contribution is 5.83. The Hall–Kier alpha value is -2.82. The number of carboxylic acid groups (broad SMARTS) is 1. The average molecular weight is 367 g/mol. The first-order chi connectivity index (χ1) is 12.9. The van der Waals surface area contributed by atoms with Crippen LogP contribution in [0.15, 0.2) is 48.5 Å². The molecule has 1 fully saturated rings. The van der Waals surface area contributed by atoms with Gasteiger partial charge in [0.25, 0.3) is 5.91 Å². The molecule has 27 heavy (non-hydrogen) atoms. The van der Waals surface area contributed by atoms with Crippen molar-refractivity contribution in [1.82, 2.24) is 4.90 Å². The van der Waals surface area contributed by atoms with E-state index in [1.54, 1.807) is 4.90 Å². The molecule has 142 valence electrons. The van der Waals surface area contributed by atoms with E-state index in [4.69, 9.17) is 4.74 Å². The third kappa shape index (κ3) is 3.82. The van der Waals surface area contributed by atoms with E-state index in [1.165, 1.54) is 0 Å². The Morgan fingerprint density at radius 3 is 2.15 bits per heavy atom.